The maximum atomic E-state index is 5.70. The summed E-state index contributed by atoms with van der Waals surface area (Å²) in [6.07, 6.45) is 6.66. The monoisotopic (exact) mass is 233 g/mol. The molecule has 17 heavy (non-hydrogen) atoms. The molecule has 0 amide bonds. The average molecular weight is 233 g/mol. The fourth-order valence-corrected chi connectivity index (χ4v) is 2.07. The van der Waals surface area contributed by atoms with E-state index in [-0.39, 0.29) is 0 Å². The first-order valence-corrected chi connectivity index (χ1v) is 5.91. The van der Waals surface area contributed by atoms with E-state index in [0.29, 0.717) is 6.54 Å². The van der Waals surface area contributed by atoms with Gasteiger partial charge in [-0.15, -0.1) is 0 Å². The fraction of sp³-hybridized carbons (Fsp3) is 0.500. The molecule has 5 nitrogen and oxygen atoms in total. The van der Waals surface area contributed by atoms with Gasteiger partial charge in [-0.3, -0.25) is 4.68 Å². The second-order valence-electron chi connectivity index (χ2n) is 4.23. The lowest BCUT2D eigenvalue weighted by Crippen LogP contribution is -2.07. The van der Waals surface area contributed by atoms with E-state index in [4.69, 9.17) is 5.73 Å². The molecule has 2 heterocycles. The number of rotatable bonds is 5. The Balaban J connectivity index is 1.95. The third kappa shape index (κ3) is 2.55. The van der Waals surface area contributed by atoms with E-state index in [2.05, 4.69) is 26.3 Å². The van der Waals surface area contributed by atoms with Crippen LogP contribution >= 0.6 is 0 Å². The lowest BCUT2D eigenvalue weighted by atomic mass is 10.2. The van der Waals surface area contributed by atoms with Crippen LogP contribution in [0.5, 0.6) is 0 Å². The topological polar surface area (TPSA) is 61.7 Å². The number of nitrogens with zero attached hydrogens (tertiary/aromatic N) is 4. The van der Waals surface area contributed by atoms with Gasteiger partial charge in [0.1, 0.15) is 0 Å². The minimum absolute atomic E-state index is 0.569. The molecule has 2 rings (SSSR count). The molecule has 0 aromatic carbocycles. The molecule has 0 unspecified atom stereocenters. The quantitative estimate of drug-likeness (QED) is 0.845. The zero-order valence-electron chi connectivity index (χ0n) is 10.4. The van der Waals surface area contributed by atoms with Crippen LogP contribution in [-0.2, 0) is 19.6 Å². The predicted molar refractivity (Wildman–Crippen MR) is 66.4 cm³/mol. The van der Waals surface area contributed by atoms with Crippen molar-refractivity contribution in [3.8, 4) is 0 Å². The molecule has 0 aliphatic heterocycles. The Morgan fingerprint density at radius 3 is 2.71 bits per heavy atom. The highest BCUT2D eigenvalue weighted by molar-refractivity contribution is 5.23. The number of imidazole rings is 1. The first kappa shape index (κ1) is 11.9. The van der Waals surface area contributed by atoms with Gasteiger partial charge in [0, 0.05) is 43.3 Å². The van der Waals surface area contributed by atoms with Gasteiger partial charge >= 0.3 is 0 Å². The van der Waals surface area contributed by atoms with Gasteiger partial charge in [0.15, 0.2) is 0 Å². The zero-order valence-corrected chi connectivity index (χ0v) is 10.4. The van der Waals surface area contributed by atoms with Gasteiger partial charge in [0.2, 0.25) is 0 Å². The molecular weight excluding hydrogens is 214 g/mol. The van der Waals surface area contributed by atoms with Crippen LogP contribution in [0.15, 0.2) is 18.7 Å². The molecular formula is C12H19N5. The third-order valence-corrected chi connectivity index (χ3v) is 3.08. The van der Waals surface area contributed by atoms with Crippen molar-refractivity contribution in [3.63, 3.8) is 0 Å². The Morgan fingerprint density at radius 2 is 2.12 bits per heavy atom. The van der Waals surface area contributed by atoms with Crippen LogP contribution in [0.4, 0.5) is 0 Å². The summed E-state index contributed by atoms with van der Waals surface area (Å²) in [5.74, 6) is 0. The first-order valence-electron chi connectivity index (χ1n) is 5.91. The van der Waals surface area contributed by atoms with Crippen molar-refractivity contribution in [1.29, 1.82) is 0 Å². The molecule has 0 aliphatic carbocycles. The van der Waals surface area contributed by atoms with Gasteiger partial charge in [-0.2, -0.15) is 5.10 Å². The van der Waals surface area contributed by atoms with Crippen LogP contribution in [0, 0.1) is 13.8 Å². The molecule has 2 aromatic rings. The van der Waals surface area contributed by atoms with Gasteiger partial charge in [-0.25, -0.2) is 4.98 Å². The van der Waals surface area contributed by atoms with Crippen LogP contribution in [0.2, 0.25) is 0 Å². The van der Waals surface area contributed by atoms with E-state index in [1.165, 1.54) is 11.3 Å². The third-order valence-electron chi connectivity index (χ3n) is 3.08. The summed E-state index contributed by atoms with van der Waals surface area (Å²) in [6.45, 7) is 6.56. The number of nitrogens with two attached hydrogens (primary N) is 1. The highest BCUT2D eigenvalue weighted by Gasteiger charge is 2.09. The summed E-state index contributed by atoms with van der Waals surface area (Å²) < 4.78 is 4.13. The SMILES string of the molecule is Cc1nn(CCCn2ccnc2)c(C)c1CN. The molecule has 0 spiro atoms. The lowest BCUT2D eigenvalue weighted by molar-refractivity contribution is 0.515. The molecule has 0 radical (unpaired) electrons. The second-order valence-corrected chi connectivity index (χ2v) is 4.23. The van der Waals surface area contributed by atoms with Crippen molar-refractivity contribution < 1.29 is 0 Å². The van der Waals surface area contributed by atoms with Gasteiger partial charge in [-0.1, -0.05) is 0 Å². The Kier molecular flexibility index (Phi) is 3.58. The average Bonchev–Trinajstić information content (AvgIpc) is 2.89. The molecule has 0 saturated heterocycles. The van der Waals surface area contributed by atoms with E-state index < -0.39 is 0 Å². The standard InChI is InChI=1S/C12H19N5/c1-10-12(8-13)11(2)17(15-10)6-3-5-16-7-4-14-9-16/h4,7,9H,3,5-6,8,13H2,1-2H3. The van der Waals surface area contributed by atoms with E-state index in [9.17, 15) is 0 Å². The van der Waals surface area contributed by atoms with Gasteiger partial charge < -0.3 is 10.3 Å². The normalized spacial score (nSPS) is 11.0. The summed E-state index contributed by atoms with van der Waals surface area (Å²) in [4.78, 5) is 4.02. The maximum absolute atomic E-state index is 5.70. The molecule has 2 N–H and O–H groups in total. The van der Waals surface area contributed by atoms with E-state index in [1.807, 2.05) is 19.4 Å². The van der Waals surface area contributed by atoms with Crippen LogP contribution < -0.4 is 5.73 Å². The summed E-state index contributed by atoms with van der Waals surface area (Å²) in [5.41, 5.74) is 9.12. The molecule has 0 saturated carbocycles. The summed E-state index contributed by atoms with van der Waals surface area (Å²) in [7, 11) is 0. The Hall–Kier alpha value is -1.62. The minimum Gasteiger partial charge on any atom is -0.337 e. The summed E-state index contributed by atoms with van der Waals surface area (Å²) >= 11 is 0. The second kappa shape index (κ2) is 5.14. The van der Waals surface area contributed by atoms with Crippen LogP contribution in [0.25, 0.3) is 0 Å². The number of aromatic nitrogens is 4. The maximum Gasteiger partial charge on any atom is 0.0945 e. The number of hydrogen-bond donors (Lipinski definition) is 1. The van der Waals surface area contributed by atoms with E-state index in [1.54, 1.807) is 6.20 Å². The molecule has 0 atom stereocenters. The van der Waals surface area contributed by atoms with Crippen molar-refractivity contribution in [1.82, 2.24) is 19.3 Å². The summed E-state index contributed by atoms with van der Waals surface area (Å²) in [5, 5.41) is 4.51. The highest BCUT2D eigenvalue weighted by atomic mass is 15.3. The predicted octanol–water partition coefficient (Wildman–Crippen LogP) is 1.25. The lowest BCUT2D eigenvalue weighted by Gasteiger charge is -2.05. The molecule has 0 bridgehead atoms. The minimum atomic E-state index is 0.569. The Morgan fingerprint density at radius 1 is 1.29 bits per heavy atom. The molecule has 5 heteroatoms. The largest absolute Gasteiger partial charge is 0.337 e. The van der Waals surface area contributed by atoms with Crippen molar-refractivity contribution in [2.75, 3.05) is 0 Å². The summed E-state index contributed by atoms with van der Waals surface area (Å²) in [6, 6.07) is 0. The smallest absolute Gasteiger partial charge is 0.0945 e. The molecule has 2 aromatic heterocycles. The Labute approximate surface area is 101 Å². The highest BCUT2D eigenvalue weighted by Crippen LogP contribution is 2.12. The molecule has 92 valence electrons. The van der Waals surface area contributed by atoms with Gasteiger partial charge in [-0.05, 0) is 20.3 Å². The van der Waals surface area contributed by atoms with Crippen LogP contribution in [0.3, 0.4) is 0 Å². The van der Waals surface area contributed by atoms with Crippen molar-refractivity contribution in [2.24, 2.45) is 5.73 Å². The zero-order chi connectivity index (χ0) is 12.3. The fourth-order valence-electron chi connectivity index (χ4n) is 2.07. The van der Waals surface area contributed by atoms with Gasteiger partial charge in [0.05, 0.1) is 12.0 Å². The number of hydrogen-bond acceptors (Lipinski definition) is 3. The van der Waals surface area contributed by atoms with E-state index in [0.717, 1.165) is 25.2 Å². The Bertz CT molecular complexity index is 469. The first-order chi connectivity index (χ1) is 8.22. The van der Waals surface area contributed by atoms with Crippen molar-refractivity contribution in [2.45, 2.75) is 39.9 Å². The van der Waals surface area contributed by atoms with Crippen molar-refractivity contribution in [3.05, 3.63) is 35.7 Å². The van der Waals surface area contributed by atoms with E-state index >= 15 is 0 Å². The molecule has 0 aliphatic rings. The number of aryl methyl sites for hydroxylation is 3. The van der Waals surface area contributed by atoms with Gasteiger partial charge in [0.25, 0.3) is 0 Å². The van der Waals surface area contributed by atoms with Crippen LogP contribution in [-0.4, -0.2) is 19.3 Å². The van der Waals surface area contributed by atoms with Crippen LogP contribution in [0.1, 0.15) is 23.4 Å². The molecule has 0 fully saturated rings. The van der Waals surface area contributed by atoms with Crippen molar-refractivity contribution >= 4 is 0 Å².